The molecule has 7 heteroatoms. The van der Waals surface area contributed by atoms with E-state index in [9.17, 15) is 9.59 Å². The van der Waals surface area contributed by atoms with Crippen molar-refractivity contribution in [3.8, 4) is 0 Å². The summed E-state index contributed by atoms with van der Waals surface area (Å²) in [5.74, 6) is -0.433. The van der Waals surface area contributed by atoms with Gasteiger partial charge in [0.2, 0.25) is 0 Å². The fraction of sp³-hybridized carbons (Fsp3) is 0.364. The Bertz CT molecular complexity index is 619. The van der Waals surface area contributed by atoms with Crippen LogP contribution in [0.4, 0.5) is 0 Å². The third-order valence-corrected chi connectivity index (χ3v) is 3.15. The minimum atomic E-state index is -0.433. The number of rotatable bonds is 4. The summed E-state index contributed by atoms with van der Waals surface area (Å²) in [5, 5.41) is 4.43. The highest BCUT2D eigenvalue weighted by Crippen LogP contribution is 2.05. The van der Waals surface area contributed by atoms with Gasteiger partial charge < -0.3 is 10.1 Å². The van der Waals surface area contributed by atoms with Crippen LogP contribution in [0.5, 0.6) is 0 Å². The van der Waals surface area contributed by atoms with E-state index in [0.29, 0.717) is 11.6 Å². The number of fused-ring (bicyclic) bond motifs is 1. The maximum atomic E-state index is 12.0. The quantitative estimate of drug-likeness (QED) is 0.876. The molecular formula is C11H13N3O3S. The predicted octanol–water partition coefficient (Wildman–Crippen LogP) is 0.521. The lowest BCUT2D eigenvalue weighted by atomic mass is 10.2. The summed E-state index contributed by atoms with van der Waals surface area (Å²) in [6.45, 7) is 2.19. The van der Waals surface area contributed by atoms with Gasteiger partial charge in [0.05, 0.1) is 6.61 Å². The third-order valence-electron chi connectivity index (χ3n) is 2.38. The normalized spacial score (nSPS) is 12.6. The molecule has 1 N–H and O–H groups in total. The minimum Gasteiger partial charge on any atom is -0.383 e. The number of methoxy groups -OCH3 is 1. The molecule has 0 saturated heterocycles. The maximum Gasteiger partial charge on any atom is 0.271 e. The van der Waals surface area contributed by atoms with Gasteiger partial charge in [-0.3, -0.25) is 14.0 Å². The summed E-state index contributed by atoms with van der Waals surface area (Å²) in [7, 11) is 1.55. The number of thiazole rings is 1. The van der Waals surface area contributed by atoms with Gasteiger partial charge in [-0.15, -0.1) is 11.3 Å². The van der Waals surface area contributed by atoms with E-state index in [0.717, 1.165) is 0 Å². The third kappa shape index (κ3) is 2.41. The van der Waals surface area contributed by atoms with Crippen LogP contribution in [-0.2, 0) is 4.74 Å². The second-order valence-corrected chi connectivity index (χ2v) is 4.74. The Morgan fingerprint density at radius 2 is 2.44 bits per heavy atom. The van der Waals surface area contributed by atoms with Gasteiger partial charge in [0.1, 0.15) is 5.56 Å². The van der Waals surface area contributed by atoms with E-state index in [4.69, 9.17) is 4.74 Å². The molecular weight excluding hydrogens is 254 g/mol. The Morgan fingerprint density at radius 1 is 1.67 bits per heavy atom. The second-order valence-electron chi connectivity index (χ2n) is 3.86. The molecule has 2 rings (SSSR count). The molecule has 0 aliphatic rings. The molecule has 0 spiro atoms. The summed E-state index contributed by atoms with van der Waals surface area (Å²) in [5.41, 5.74) is -0.322. The number of hydrogen-bond acceptors (Lipinski definition) is 5. The molecule has 2 aromatic heterocycles. The van der Waals surface area contributed by atoms with E-state index in [2.05, 4.69) is 10.3 Å². The number of ether oxygens (including phenoxy) is 1. The summed E-state index contributed by atoms with van der Waals surface area (Å²) < 4.78 is 6.28. The minimum absolute atomic E-state index is 0.0360. The van der Waals surface area contributed by atoms with Gasteiger partial charge in [-0.1, -0.05) is 0 Å². The predicted molar refractivity (Wildman–Crippen MR) is 68.1 cm³/mol. The van der Waals surface area contributed by atoms with Crippen molar-refractivity contribution in [1.82, 2.24) is 14.7 Å². The summed E-state index contributed by atoms with van der Waals surface area (Å²) in [4.78, 5) is 28.5. The zero-order chi connectivity index (χ0) is 13.1. The van der Waals surface area contributed by atoms with Crippen molar-refractivity contribution in [2.75, 3.05) is 13.7 Å². The molecule has 1 amide bonds. The van der Waals surface area contributed by atoms with E-state index in [1.165, 1.54) is 21.9 Å². The van der Waals surface area contributed by atoms with Gasteiger partial charge in [-0.25, -0.2) is 4.98 Å². The van der Waals surface area contributed by atoms with Crippen molar-refractivity contribution in [1.29, 1.82) is 0 Å². The molecule has 0 bridgehead atoms. The van der Waals surface area contributed by atoms with Crippen molar-refractivity contribution < 1.29 is 9.53 Å². The average molecular weight is 267 g/mol. The second kappa shape index (κ2) is 5.28. The van der Waals surface area contributed by atoms with Crippen molar-refractivity contribution in [3.63, 3.8) is 0 Å². The molecule has 0 saturated carbocycles. The van der Waals surface area contributed by atoms with Gasteiger partial charge in [0, 0.05) is 30.9 Å². The van der Waals surface area contributed by atoms with E-state index in [1.54, 1.807) is 25.6 Å². The standard InChI is InChI=1S/C11H13N3O3S/c1-7(6-17-2)13-9(15)8-5-12-11-14(10(8)16)3-4-18-11/h3-5,7H,6H2,1-2H3,(H,13,15)/t7-/m0/s1. The van der Waals surface area contributed by atoms with Crippen LogP contribution >= 0.6 is 11.3 Å². The van der Waals surface area contributed by atoms with Gasteiger partial charge >= 0.3 is 0 Å². The highest BCUT2D eigenvalue weighted by Gasteiger charge is 2.15. The molecule has 0 aliphatic carbocycles. The highest BCUT2D eigenvalue weighted by molar-refractivity contribution is 7.15. The smallest absolute Gasteiger partial charge is 0.271 e. The van der Waals surface area contributed by atoms with Crippen LogP contribution in [0.15, 0.2) is 22.6 Å². The largest absolute Gasteiger partial charge is 0.383 e. The van der Waals surface area contributed by atoms with Crippen LogP contribution in [0.2, 0.25) is 0 Å². The first-order valence-electron chi connectivity index (χ1n) is 5.38. The number of nitrogens with one attached hydrogen (secondary N) is 1. The Hall–Kier alpha value is -1.73. The highest BCUT2D eigenvalue weighted by atomic mass is 32.1. The first-order valence-corrected chi connectivity index (χ1v) is 6.26. The molecule has 2 heterocycles. The molecule has 0 aliphatic heterocycles. The van der Waals surface area contributed by atoms with Crippen LogP contribution in [0.25, 0.3) is 4.96 Å². The summed E-state index contributed by atoms with van der Waals surface area (Å²) in [6.07, 6.45) is 2.91. The van der Waals surface area contributed by atoms with Gasteiger partial charge in [-0.2, -0.15) is 0 Å². The molecule has 1 atom stereocenters. The SMILES string of the molecule is COC[C@H](C)NC(=O)c1cnc2sccn2c1=O. The summed E-state index contributed by atoms with van der Waals surface area (Å²) >= 11 is 1.34. The number of carbonyl (C=O) groups excluding carboxylic acids is 1. The number of amides is 1. The fourth-order valence-electron chi connectivity index (χ4n) is 1.57. The molecule has 2 aromatic rings. The lowest BCUT2D eigenvalue weighted by molar-refractivity contribution is 0.0903. The van der Waals surface area contributed by atoms with E-state index < -0.39 is 5.91 Å². The van der Waals surface area contributed by atoms with Gasteiger partial charge in [0.15, 0.2) is 4.96 Å². The number of nitrogens with zero attached hydrogens (tertiary/aromatic N) is 2. The Labute approximate surface area is 107 Å². The van der Waals surface area contributed by atoms with Crippen LogP contribution in [0, 0.1) is 0 Å². The molecule has 0 aromatic carbocycles. The van der Waals surface area contributed by atoms with Crippen molar-refractivity contribution in [2.45, 2.75) is 13.0 Å². The lowest BCUT2D eigenvalue weighted by Crippen LogP contribution is -2.38. The van der Waals surface area contributed by atoms with Gasteiger partial charge in [-0.05, 0) is 6.92 Å². The van der Waals surface area contributed by atoms with Gasteiger partial charge in [0.25, 0.3) is 11.5 Å². The zero-order valence-electron chi connectivity index (χ0n) is 10.0. The van der Waals surface area contributed by atoms with E-state index >= 15 is 0 Å². The summed E-state index contributed by atoms with van der Waals surface area (Å²) in [6, 6.07) is -0.162. The Morgan fingerprint density at radius 3 is 3.17 bits per heavy atom. The van der Waals surface area contributed by atoms with Crippen LogP contribution in [0.1, 0.15) is 17.3 Å². The van der Waals surface area contributed by atoms with Crippen LogP contribution < -0.4 is 10.9 Å². The lowest BCUT2D eigenvalue weighted by Gasteiger charge is -2.12. The Kier molecular flexibility index (Phi) is 3.73. The fourth-order valence-corrected chi connectivity index (χ4v) is 2.25. The first kappa shape index (κ1) is 12.7. The van der Waals surface area contributed by atoms with Crippen molar-refractivity contribution >= 4 is 22.2 Å². The molecule has 0 fully saturated rings. The number of aromatic nitrogens is 2. The first-order chi connectivity index (χ1) is 8.63. The maximum absolute atomic E-state index is 12.0. The molecule has 0 unspecified atom stereocenters. The van der Waals surface area contributed by atoms with E-state index in [1.807, 2.05) is 0 Å². The number of carbonyl (C=O) groups is 1. The topological polar surface area (TPSA) is 72.7 Å². The molecule has 0 radical (unpaired) electrons. The average Bonchev–Trinajstić information content (AvgIpc) is 2.78. The van der Waals surface area contributed by atoms with Crippen LogP contribution in [-0.4, -0.2) is 35.1 Å². The molecule has 96 valence electrons. The van der Waals surface area contributed by atoms with Crippen molar-refractivity contribution in [3.05, 3.63) is 33.7 Å². The molecule has 6 nitrogen and oxygen atoms in total. The van der Waals surface area contributed by atoms with E-state index in [-0.39, 0.29) is 17.2 Å². The monoisotopic (exact) mass is 267 g/mol. The Balaban J connectivity index is 2.28. The number of hydrogen-bond donors (Lipinski definition) is 1. The van der Waals surface area contributed by atoms with Crippen LogP contribution in [0.3, 0.4) is 0 Å². The van der Waals surface area contributed by atoms with Crippen molar-refractivity contribution in [2.24, 2.45) is 0 Å². The molecule has 18 heavy (non-hydrogen) atoms. The zero-order valence-corrected chi connectivity index (χ0v) is 10.9.